The van der Waals surface area contributed by atoms with Crippen LogP contribution in [0.15, 0.2) is 54.6 Å². The van der Waals surface area contributed by atoms with E-state index in [4.69, 9.17) is 4.74 Å². The van der Waals surface area contributed by atoms with Crippen LogP contribution in [0.25, 0.3) is 5.57 Å². The molecule has 0 bridgehead atoms. The van der Waals surface area contributed by atoms with Crippen LogP contribution >= 0.6 is 0 Å². The fourth-order valence-corrected chi connectivity index (χ4v) is 3.25. The molecular weight excluding hydrogens is 346 g/mol. The number of benzene rings is 2. The van der Waals surface area contributed by atoms with Crippen molar-refractivity contribution in [2.45, 2.75) is 46.5 Å². The second-order valence-electron chi connectivity index (χ2n) is 7.06. The lowest BCUT2D eigenvalue weighted by Gasteiger charge is -2.18. The van der Waals surface area contributed by atoms with Gasteiger partial charge in [-0.3, -0.25) is 0 Å². The van der Waals surface area contributed by atoms with Gasteiger partial charge in [-0.2, -0.15) is 0 Å². The first-order valence-electron chi connectivity index (χ1n) is 10.6. The summed E-state index contributed by atoms with van der Waals surface area (Å²) in [6.45, 7) is 10.3. The predicted molar refractivity (Wildman–Crippen MR) is 119 cm³/mol. The summed E-state index contributed by atoms with van der Waals surface area (Å²) < 4.78 is 5.92. The zero-order valence-corrected chi connectivity index (χ0v) is 17.7. The number of phenolic OH excluding ortho intramolecular Hbond substituents is 1. The number of ether oxygens (including phenoxy) is 1. The molecule has 0 aliphatic heterocycles. The third kappa shape index (κ3) is 7.05. The molecule has 0 heterocycles. The Labute approximate surface area is 170 Å². The van der Waals surface area contributed by atoms with Gasteiger partial charge in [0.25, 0.3) is 0 Å². The summed E-state index contributed by atoms with van der Waals surface area (Å²) in [6, 6.07) is 15.8. The average molecular weight is 382 g/mol. The monoisotopic (exact) mass is 381 g/mol. The Balaban J connectivity index is 2.09. The molecule has 0 radical (unpaired) electrons. The van der Waals surface area contributed by atoms with E-state index in [9.17, 15) is 5.11 Å². The molecule has 0 aromatic heterocycles. The minimum absolute atomic E-state index is 0.297. The Morgan fingerprint density at radius 1 is 0.893 bits per heavy atom. The number of hydrogen-bond acceptors (Lipinski definition) is 3. The molecular formula is C25H35NO2. The Hall–Kier alpha value is -2.26. The van der Waals surface area contributed by atoms with Crippen LogP contribution in [0.5, 0.6) is 11.5 Å². The van der Waals surface area contributed by atoms with Crippen molar-refractivity contribution in [3.05, 3.63) is 65.7 Å². The fraction of sp³-hybridized carbons (Fsp3) is 0.440. The summed E-state index contributed by atoms with van der Waals surface area (Å²) in [7, 11) is 0. The van der Waals surface area contributed by atoms with Crippen molar-refractivity contribution in [1.82, 2.24) is 4.90 Å². The number of phenols is 1. The van der Waals surface area contributed by atoms with E-state index in [0.29, 0.717) is 12.4 Å². The van der Waals surface area contributed by atoms with E-state index in [1.54, 1.807) is 12.1 Å². The SMILES string of the molecule is CCCCC/C=C(\c1ccc(O)cc1)c1ccc(OCCN(CC)CC)cc1. The van der Waals surface area contributed by atoms with E-state index in [0.717, 1.165) is 37.4 Å². The molecule has 0 fully saturated rings. The van der Waals surface area contributed by atoms with Crippen molar-refractivity contribution in [3.63, 3.8) is 0 Å². The summed E-state index contributed by atoms with van der Waals surface area (Å²) in [5.74, 6) is 1.21. The van der Waals surface area contributed by atoms with Crippen LogP contribution in [0.3, 0.4) is 0 Å². The smallest absolute Gasteiger partial charge is 0.119 e. The molecule has 2 aromatic carbocycles. The van der Waals surface area contributed by atoms with Gasteiger partial charge in [0.05, 0.1) is 0 Å². The first-order valence-corrected chi connectivity index (χ1v) is 10.6. The Morgan fingerprint density at radius 2 is 1.50 bits per heavy atom. The fourth-order valence-electron chi connectivity index (χ4n) is 3.25. The highest BCUT2D eigenvalue weighted by molar-refractivity contribution is 5.80. The largest absolute Gasteiger partial charge is 0.508 e. The van der Waals surface area contributed by atoms with Crippen LogP contribution in [-0.2, 0) is 0 Å². The Bertz CT molecular complexity index is 700. The third-order valence-electron chi connectivity index (χ3n) is 5.07. The average Bonchev–Trinajstić information content (AvgIpc) is 2.73. The first-order chi connectivity index (χ1) is 13.7. The molecule has 0 unspecified atom stereocenters. The van der Waals surface area contributed by atoms with Crippen molar-refractivity contribution < 1.29 is 9.84 Å². The number of nitrogens with zero attached hydrogens (tertiary/aromatic N) is 1. The van der Waals surface area contributed by atoms with E-state index < -0.39 is 0 Å². The van der Waals surface area contributed by atoms with Crippen molar-refractivity contribution in [2.75, 3.05) is 26.2 Å². The van der Waals surface area contributed by atoms with Gasteiger partial charge < -0.3 is 14.7 Å². The summed E-state index contributed by atoms with van der Waals surface area (Å²) in [4.78, 5) is 2.36. The van der Waals surface area contributed by atoms with E-state index >= 15 is 0 Å². The highest BCUT2D eigenvalue weighted by Gasteiger charge is 2.06. The predicted octanol–water partition coefficient (Wildman–Crippen LogP) is 6.12. The van der Waals surface area contributed by atoms with Crippen molar-refractivity contribution >= 4 is 5.57 Å². The highest BCUT2D eigenvalue weighted by Crippen LogP contribution is 2.27. The molecule has 152 valence electrons. The summed E-state index contributed by atoms with van der Waals surface area (Å²) >= 11 is 0. The number of unbranched alkanes of at least 4 members (excludes halogenated alkanes) is 3. The molecule has 0 amide bonds. The number of hydrogen-bond donors (Lipinski definition) is 1. The molecule has 0 aliphatic rings. The van der Waals surface area contributed by atoms with Gasteiger partial charge >= 0.3 is 0 Å². The first kappa shape index (κ1) is 22.0. The topological polar surface area (TPSA) is 32.7 Å². The lowest BCUT2D eigenvalue weighted by Crippen LogP contribution is -2.27. The normalized spacial score (nSPS) is 11.8. The van der Waals surface area contributed by atoms with Crippen LogP contribution in [0.2, 0.25) is 0 Å². The van der Waals surface area contributed by atoms with Crippen molar-refractivity contribution in [2.24, 2.45) is 0 Å². The van der Waals surface area contributed by atoms with E-state index in [-0.39, 0.29) is 0 Å². The summed E-state index contributed by atoms with van der Waals surface area (Å²) in [6.07, 6.45) is 7.05. The van der Waals surface area contributed by atoms with E-state index in [1.165, 1.54) is 30.4 Å². The molecule has 3 nitrogen and oxygen atoms in total. The molecule has 0 saturated carbocycles. The maximum atomic E-state index is 9.61. The molecule has 1 N–H and O–H groups in total. The molecule has 0 saturated heterocycles. The summed E-state index contributed by atoms with van der Waals surface area (Å²) in [5.41, 5.74) is 3.52. The van der Waals surface area contributed by atoms with Gasteiger partial charge in [-0.25, -0.2) is 0 Å². The number of aromatic hydroxyl groups is 1. The zero-order valence-electron chi connectivity index (χ0n) is 17.7. The minimum Gasteiger partial charge on any atom is -0.508 e. The highest BCUT2D eigenvalue weighted by atomic mass is 16.5. The standard InChI is InChI=1S/C25H35NO2/c1-4-7-8-9-10-25(21-11-15-23(27)16-12-21)22-13-17-24(18-14-22)28-20-19-26(5-2)6-3/h10-18,27H,4-9,19-20H2,1-3H3/b25-10+. The van der Waals surface area contributed by atoms with Gasteiger partial charge in [-0.15, -0.1) is 0 Å². The van der Waals surface area contributed by atoms with Gasteiger partial charge in [-0.05, 0) is 66.9 Å². The van der Waals surface area contributed by atoms with Crippen LogP contribution in [0.1, 0.15) is 57.6 Å². The number of rotatable bonds is 12. The Kier molecular flexibility index (Phi) is 9.64. The van der Waals surface area contributed by atoms with Crippen LogP contribution in [0, 0.1) is 0 Å². The molecule has 3 heteroatoms. The molecule has 28 heavy (non-hydrogen) atoms. The van der Waals surface area contributed by atoms with Crippen LogP contribution in [0.4, 0.5) is 0 Å². The Morgan fingerprint density at radius 3 is 2.07 bits per heavy atom. The van der Waals surface area contributed by atoms with Crippen molar-refractivity contribution in [3.8, 4) is 11.5 Å². The molecule has 0 spiro atoms. The molecule has 0 atom stereocenters. The van der Waals surface area contributed by atoms with Crippen molar-refractivity contribution in [1.29, 1.82) is 0 Å². The second-order valence-corrected chi connectivity index (χ2v) is 7.06. The van der Waals surface area contributed by atoms with Gasteiger partial charge in [0.15, 0.2) is 0 Å². The third-order valence-corrected chi connectivity index (χ3v) is 5.07. The van der Waals surface area contributed by atoms with Crippen LogP contribution in [-0.4, -0.2) is 36.2 Å². The molecule has 2 aromatic rings. The van der Waals surface area contributed by atoms with Gasteiger partial charge in [0.1, 0.15) is 18.1 Å². The minimum atomic E-state index is 0.297. The van der Waals surface area contributed by atoms with E-state index in [2.05, 4.69) is 56.0 Å². The number of likely N-dealkylation sites (N-methyl/N-ethyl adjacent to an activating group) is 1. The maximum absolute atomic E-state index is 9.61. The summed E-state index contributed by atoms with van der Waals surface area (Å²) in [5, 5.41) is 9.61. The van der Waals surface area contributed by atoms with Gasteiger partial charge in [-0.1, -0.05) is 64.0 Å². The lowest BCUT2D eigenvalue weighted by molar-refractivity contribution is 0.223. The van der Waals surface area contributed by atoms with Gasteiger partial charge in [0.2, 0.25) is 0 Å². The molecule has 0 aliphatic carbocycles. The van der Waals surface area contributed by atoms with Crippen LogP contribution < -0.4 is 4.74 Å². The zero-order chi connectivity index (χ0) is 20.2. The maximum Gasteiger partial charge on any atom is 0.119 e. The number of allylic oxidation sites excluding steroid dienone is 1. The second kappa shape index (κ2) is 12.2. The van der Waals surface area contributed by atoms with Gasteiger partial charge in [0, 0.05) is 6.54 Å². The lowest BCUT2D eigenvalue weighted by atomic mass is 9.96. The molecule has 2 rings (SSSR count). The van der Waals surface area contributed by atoms with E-state index in [1.807, 2.05) is 12.1 Å². The quantitative estimate of drug-likeness (QED) is 0.449.